The molecule has 1 aromatic carbocycles. The van der Waals surface area contributed by atoms with Crippen LogP contribution in [0.2, 0.25) is 0 Å². The van der Waals surface area contributed by atoms with E-state index in [0.29, 0.717) is 5.56 Å². The van der Waals surface area contributed by atoms with Crippen LogP contribution in [0.15, 0.2) is 29.2 Å². The molecule has 18 heavy (non-hydrogen) atoms. The minimum Gasteiger partial charge on any atom is -0.377 e. The second-order valence-electron chi connectivity index (χ2n) is 4.60. The van der Waals surface area contributed by atoms with Gasteiger partial charge in [0.05, 0.1) is 10.5 Å². The van der Waals surface area contributed by atoms with Crippen molar-refractivity contribution in [1.29, 1.82) is 0 Å². The van der Waals surface area contributed by atoms with Gasteiger partial charge in [0, 0.05) is 20.2 Å². The van der Waals surface area contributed by atoms with Gasteiger partial charge in [-0.3, -0.25) is 0 Å². The Hall–Kier alpha value is -0.950. The zero-order valence-corrected chi connectivity index (χ0v) is 11.8. The van der Waals surface area contributed by atoms with Gasteiger partial charge in [0.25, 0.3) is 0 Å². The van der Waals surface area contributed by atoms with E-state index in [4.69, 9.17) is 10.5 Å². The lowest BCUT2D eigenvalue weighted by Crippen LogP contribution is -2.40. The Morgan fingerprint density at radius 3 is 2.50 bits per heavy atom. The number of rotatable bonds is 6. The number of ether oxygens (including phenoxy) is 1. The fourth-order valence-corrected chi connectivity index (χ4v) is 2.80. The van der Waals surface area contributed by atoms with Crippen LogP contribution < -0.4 is 10.5 Å². The lowest BCUT2D eigenvalue weighted by Gasteiger charge is -2.23. The first kappa shape index (κ1) is 15.1. The van der Waals surface area contributed by atoms with E-state index in [1.165, 1.54) is 0 Å². The molecular weight excluding hydrogens is 252 g/mol. The summed E-state index contributed by atoms with van der Waals surface area (Å²) >= 11 is 0. The third-order valence-corrected chi connectivity index (χ3v) is 4.22. The maximum absolute atomic E-state index is 12.2. The highest BCUT2D eigenvalue weighted by molar-refractivity contribution is 7.89. The molecule has 0 amide bonds. The van der Waals surface area contributed by atoms with Crippen LogP contribution in [-0.2, 0) is 21.3 Å². The Morgan fingerprint density at radius 2 is 1.94 bits per heavy atom. The van der Waals surface area contributed by atoms with Gasteiger partial charge in [0.1, 0.15) is 0 Å². The Labute approximate surface area is 108 Å². The average molecular weight is 272 g/mol. The van der Waals surface area contributed by atoms with E-state index in [1.54, 1.807) is 31.4 Å². The van der Waals surface area contributed by atoms with Gasteiger partial charge in [-0.2, -0.15) is 0 Å². The minimum atomic E-state index is -3.56. The van der Waals surface area contributed by atoms with Gasteiger partial charge in [0.15, 0.2) is 0 Å². The standard InChI is InChI=1S/C12H20N2O3S/c1-12(2,17-3)9-14-18(15,16)11-7-5-4-6-10(11)8-13/h4-7,14H,8-9,13H2,1-3H3. The van der Waals surface area contributed by atoms with Crippen LogP contribution in [0.4, 0.5) is 0 Å². The Balaban J connectivity index is 2.94. The lowest BCUT2D eigenvalue weighted by atomic mass is 10.1. The van der Waals surface area contributed by atoms with Gasteiger partial charge in [-0.1, -0.05) is 18.2 Å². The number of nitrogens with one attached hydrogen (secondary N) is 1. The second-order valence-corrected chi connectivity index (χ2v) is 6.34. The third kappa shape index (κ3) is 3.78. The zero-order chi connectivity index (χ0) is 13.8. The Bertz CT molecular complexity index is 498. The molecule has 0 aliphatic heterocycles. The Morgan fingerprint density at radius 1 is 1.33 bits per heavy atom. The topological polar surface area (TPSA) is 81.4 Å². The van der Waals surface area contributed by atoms with E-state index in [9.17, 15) is 8.42 Å². The van der Waals surface area contributed by atoms with Gasteiger partial charge in [0.2, 0.25) is 10.0 Å². The fourth-order valence-electron chi connectivity index (χ4n) is 1.35. The average Bonchev–Trinajstić information content (AvgIpc) is 2.37. The number of hydrogen-bond donors (Lipinski definition) is 2. The molecule has 5 nitrogen and oxygen atoms in total. The summed E-state index contributed by atoms with van der Waals surface area (Å²) in [5.41, 5.74) is 5.59. The van der Waals surface area contributed by atoms with Crippen LogP contribution in [-0.4, -0.2) is 27.7 Å². The molecule has 0 aliphatic rings. The zero-order valence-electron chi connectivity index (χ0n) is 10.9. The quantitative estimate of drug-likeness (QED) is 0.804. The van der Waals surface area contributed by atoms with Gasteiger partial charge in [-0.05, 0) is 25.5 Å². The molecule has 0 saturated carbocycles. The molecule has 0 atom stereocenters. The summed E-state index contributed by atoms with van der Waals surface area (Å²) in [6, 6.07) is 6.69. The molecule has 0 saturated heterocycles. The van der Waals surface area contributed by atoms with E-state index < -0.39 is 15.6 Å². The van der Waals surface area contributed by atoms with Crippen molar-refractivity contribution < 1.29 is 13.2 Å². The van der Waals surface area contributed by atoms with E-state index in [1.807, 2.05) is 13.8 Å². The number of sulfonamides is 1. The van der Waals surface area contributed by atoms with Crippen LogP contribution >= 0.6 is 0 Å². The van der Waals surface area contributed by atoms with E-state index >= 15 is 0 Å². The van der Waals surface area contributed by atoms with Gasteiger partial charge >= 0.3 is 0 Å². The molecular formula is C12H20N2O3S. The molecule has 0 spiro atoms. The first-order valence-corrected chi connectivity index (χ1v) is 7.13. The summed E-state index contributed by atoms with van der Waals surface area (Å²) in [6.45, 7) is 4.00. The molecule has 3 N–H and O–H groups in total. The SMILES string of the molecule is COC(C)(C)CNS(=O)(=O)c1ccccc1CN. The molecule has 6 heteroatoms. The summed E-state index contributed by atoms with van der Waals surface area (Å²) in [4.78, 5) is 0.222. The number of nitrogens with two attached hydrogens (primary N) is 1. The molecule has 0 unspecified atom stereocenters. The van der Waals surface area contributed by atoms with Crippen molar-refractivity contribution in [2.45, 2.75) is 30.9 Å². The van der Waals surface area contributed by atoms with Crippen molar-refractivity contribution in [3.63, 3.8) is 0 Å². The molecule has 0 aromatic heterocycles. The number of hydrogen-bond acceptors (Lipinski definition) is 4. The predicted octanol–water partition coefficient (Wildman–Crippen LogP) is 0.849. The summed E-state index contributed by atoms with van der Waals surface area (Å²) in [5.74, 6) is 0. The van der Waals surface area contributed by atoms with Crippen molar-refractivity contribution in [3.8, 4) is 0 Å². The first-order valence-electron chi connectivity index (χ1n) is 5.65. The van der Waals surface area contributed by atoms with Crippen LogP contribution in [0, 0.1) is 0 Å². The molecule has 1 aromatic rings. The predicted molar refractivity (Wildman–Crippen MR) is 70.6 cm³/mol. The van der Waals surface area contributed by atoms with E-state index in [-0.39, 0.29) is 18.0 Å². The van der Waals surface area contributed by atoms with Crippen molar-refractivity contribution in [2.24, 2.45) is 5.73 Å². The molecule has 0 aliphatic carbocycles. The highest BCUT2D eigenvalue weighted by Gasteiger charge is 2.23. The maximum Gasteiger partial charge on any atom is 0.240 e. The highest BCUT2D eigenvalue weighted by Crippen LogP contribution is 2.15. The maximum atomic E-state index is 12.2. The molecule has 102 valence electrons. The third-order valence-electron chi connectivity index (χ3n) is 2.72. The van der Waals surface area contributed by atoms with E-state index in [0.717, 1.165) is 0 Å². The monoisotopic (exact) mass is 272 g/mol. The van der Waals surface area contributed by atoms with Crippen LogP contribution in [0.1, 0.15) is 19.4 Å². The molecule has 0 bridgehead atoms. The van der Waals surface area contributed by atoms with Gasteiger partial charge in [-0.25, -0.2) is 13.1 Å². The molecule has 1 rings (SSSR count). The summed E-state index contributed by atoms with van der Waals surface area (Å²) in [6.07, 6.45) is 0. The number of methoxy groups -OCH3 is 1. The largest absolute Gasteiger partial charge is 0.377 e. The normalized spacial score (nSPS) is 12.7. The minimum absolute atomic E-state index is 0.185. The van der Waals surface area contributed by atoms with Crippen LogP contribution in [0.3, 0.4) is 0 Å². The first-order chi connectivity index (χ1) is 8.32. The van der Waals surface area contributed by atoms with Crippen molar-refractivity contribution in [3.05, 3.63) is 29.8 Å². The van der Waals surface area contributed by atoms with Crippen LogP contribution in [0.5, 0.6) is 0 Å². The molecule has 0 heterocycles. The van der Waals surface area contributed by atoms with Crippen molar-refractivity contribution in [1.82, 2.24) is 4.72 Å². The second kappa shape index (κ2) is 5.79. The fraction of sp³-hybridized carbons (Fsp3) is 0.500. The summed E-state index contributed by atoms with van der Waals surface area (Å²) in [5, 5.41) is 0. The lowest BCUT2D eigenvalue weighted by molar-refractivity contribution is 0.0276. The molecule has 0 fully saturated rings. The highest BCUT2D eigenvalue weighted by atomic mass is 32.2. The van der Waals surface area contributed by atoms with Gasteiger partial charge < -0.3 is 10.5 Å². The molecule has 0 radical (unpaired) electrons. The Kier molecular flexibility index (Phi) is 4.86. The van der Waals surface area contributed by atoms with Crippen LogP contribution in [0.25, 0.3) is 0 Å². The van der Waals surface area contributed by atoms with Gasteiger partial charge in [-0.15, -0.1) is 0 Å². The number of benzene rings is 1. The van der Waals surface area contributed by atoms with E-state index in [2.05, 4.69) is 4.72 Å². The van der Waals surface area contributed by atoms with Crippen molar-refractivity contribution in [2.75, 3.05) is 13.7 Å². The van der Waals surface area contributed by atoms with Crippen molar-refractivity contribution >= 4 is 10.0 Å². The smallest absolute Gasteiger partial charge is 0.240 e. The summed E-state index contributed by atoms with van der Waals surface area (Å²) < 4.78 is 32.0. The summed E-state index contributed by atoms with van der Waals surface area (Å²) in [7, 11) is -2.01.